The number of amides is 1. The Morgan fingerprint density at radius 3 is 2.58 bits per heavy atom. The first-order valence-corrected chi connectivity index (χ1v) is 7.54. The molecule has 1 aliphatic heterocycles. The van der Waals surface area contributed by atoms with Gasteiger partial charge in [0.15, 0.2) is 0 Å². The summed E-state index contributed by atoms with van der Waals surface area (Å²) in [7, 11) is 0. The van der Waals surface area contributed by atoms with Gasteiger partial charge in [-0.05, 0) is 36.8 Å². The quantitative estimate of drug-likeness (QED) is 0.680. The van der Waals surface area contributed by atoms with Crippen molar-refractivity contribution in [1.29, 1.82) is 0 Å². The van der Waals surface area contributed by atoms with Crippen molar-refractivity contribution in [2.75, 3.05) is 4.90 Å². The van der Waals surface area contributed by atoms with E-state index in [0.29, 0.717) is 5.92 Å². The van der Waals surface area contributed by atoms with Gasteiger partial charge in [-0.1, -0.05) is 44.4 Å². The number of nitrogens with zero attached hydrogens (tertiary/aromatic N) is 1. The van der Waals surface area contributed by atoms with Crippen LogP contribution in [0.4, 0.5) is 5.69 Å². The molecule has 102 valence electrons. The van der Waals surface area contributed by atoms with Crippen molar-refractivity contribution in [2.45, 2.75) is 63.8 Å². The van der Waals surface area contributed by atoms with Crippen LogP contribution in [0.15, 0.2) is 24.3 Å². The average Bonchev–Trinajstić information content (AvgIpc) is 2.39. The Bertz CT molecular complexity index is 488. The molecule has 0 unspecified atom stereocenters. The third-order valence-corrected chi connectivity index (χ3v) is 4.97. The highest BCUT2D eigenvalue weighted by Gasteiger charge is 2.45. The summed E-state index contributed by atoms with van der Waals surface area (Å²) in [4.78, 5) is 14.4. The largest absolute Gasteiger partial charge is 0.306 e. The van der Waals surface area contributed by atoms with E-state index < -0.39 is 0 Å². The number of hydrogen-bond acceptors (Lipinski definition) is 1. The van der Waals surface area contributed by atoms with Crippen LogP contribution in [0.25, 0.3) is 0 Å². The lowest BCUT2D eigenvalue weighted by Gasteiger charge is -2.51. The molecule has 1 aromatic carbocycles. The molecule has 1 heterocycles. The Kier molecular flexibility index (Phi) is 3.12. The number of carbonyl (C=O) groups excluding carboxylic acids is 1. The monoisotopic (exact) mass is 257 g/mol. The molecule has 1 fully saturated rings. The molecule has 1 aliphatic carbocycles. The molecule has 1 saturated carbocycles. The van der Waals surface area contributed by atoms with Crippen LogP contribution in [0.5, 0.6) is 0 Å². The van der Waals surface area contributed by atoms with Crippen molar-refractivity contribution in [3.8, 4) is 0 Å². The van der Waals surface area contributed by atoms with Gasteiger partial charge in [0.2, 0.25) is 5.91 Å². The minimum absolute atomic E-state index is 0.0951. The highest BCUT2D eigenvalue weighted by Crippen LogP contribution is 2.49. The zero-order valence-electron chi connectivity index (χ0n) is 12.0. The first-order chi connectivity index (χ1) is 9.14. The zero-order chi connectivity index (χ0) is 13.5. The van der Waals surface area contributed by atoms with E-state index in [-0.39, 0.29) is 11.4 Å². The molecule has 1 spiro atoms. The Balaban J connectivity index is 2.11. The smallest absolute Gasteiger partial charge is 0.224 e. The summed E-state index contributed by atoms with van der Waals surface area (Å²) >= 11 is 0. The third-order valence-electron chi connectivity index (χ3n) is 4.97. The van der Waals surface area contributed by atoms with Gasteiger partial charge >= 0.3 is 0 Å². The van der Waals surface area contributed by atoms with E-state index in [2.05, 4.69) is 36.1 Å². The summed E-state index contributed by atoms with van der Waals surface area (Å²) in [6.07, 6.45) is 7.32. The number of carbonyl (C=O) groups is 1. The maximum absolute atomic E-state index is 12.3. The van der Waals surface area contributed by atoms with Crippen LogP contribution in [-0.2, 0) is 4.79 Å². The number of anilines is 1. The molecule has 2 nitrogen and oxygen atoms in total. The van der Waals surface area contributed by atoms with Crippen molar-refractivity contribution < 1.29 is 4.79 Å². The number of rotatable bonds is 0. The number of fused-ring (bicyclic) bond motifs is 1. The zero-order valence-corrected chi connectivity index (χ0v) is 12.0. The minimum atomic E-state index is 0.0951. The first kappa shape index (κ1) is 12.7. The van der Waals surface area contributed by atoms with Gasteiger partial charge in [0.25, 0.3) is 0 Å². The van der Waals surface area contributed by atoms with E-state index in [4.69, 9.17) is 0 Å². The van der Waals surface area contributed by atoms with Crippen molar-refractivity contribution in [3.05, 3.63) is 29.8 Å². The average molecular weight is 257 g/mol. The van der Waals surface area contributed by atoms with E-state index in [1.807, 2.05) is 0 Å². The molecule has 1 amide bonds. The lowest BCUT2D eigenvalue weighted by atomic mass is 9.70. The fourth-order valence-corrected chi connectivity index (χ4v) is 4.28. The van der Waals surface area contributed by atoms with Crippen molar-refractivity contribution in [1.82, 2.24) is 0 Å². The molecule has 2 heteroatoms. The van der Waals surface area contributed by atoms with Crippen molar-refractivity contribution in [3.63, 3.8) is 0 Å². The van der Waals surface area contributed by atoms with E-state index in [1.165, 1.54) is 37.7 Å². The molecule has 1 atom stereocenters. The lowest BCUT2D eigenvalue weighted by molar-refractivity contribution is -0.118. The van der Waals surface area contributed by atoms with Crippen LogP contribution in [-0.4, -0.2) is 11.4 Å². The fraction of sp³-hybridized carbons (Fsp3) is 0.588. The van der Waals surface area contributed by atoms with Gasteiger partial charge in [-0.3, -0.25) is 4.79 Å². The Labute approximate surface area is 115 Å². The fourth-order valence-electron chi connectivity index (χ4n) is 4.28. The summed E-state index contributed by atoms with van der Waals surface area (Å²) < 4.78 is 0. The predicted octanol–water partition coefficient (Wildman–Crippen LogP) is 4.25. The van der Waals surface area contributed by atoms with E-state index in [9.17, 15) is 4.79 Å². The first-order valence-electron chi connectivity index (χ1n) is 7.54. The Hall–Kier alpha value is -1.31. The molecule has 0 aromatic heterocycles. The van der Waals surface area contributed by atoms with Crippen molar-refractivity contribution in [2.24, 2.45) is 0 Å². The summed E-state index contributed by atoms with van der Waals surface area (Å²) in [5.74, 6) is 0.770. The van der Waals surface area contributed by atoms with Crippen molar-refractivity contribution >= 4 is 11.6 Å². The molecule has 0 radical (unpaired) electrons. The van der Waals surface area contributed by atoms with Gasteiger partial charge in [0, 0.05) is 18.2 Å². The van der Waals surface area contributed by atoms with Gasteiger partial charge in [0.1, 0.15) is 0 Å². The SMILES string of the molecule is CC(=O)N1c2ccccc2[C@H](C)CC12CCCCC2. The Morgan fingerprint density at radius 1 is 1.21 bits per heavy atom. The normalized spacial score (nSPS) is 25.2. The molecule has 3 rings (SSSR count). The van der Waals surface area contributed by atoms with Crippen LogP contribution in [0.1, 0.15) is 63.9 Å². The third kappa shape index (κ3) is 1.98. The van der Waals surface area contributed by atoms with E-state index in [0.717, 1.165) is 12.1 Å². The summed E-state index contributed by atoms with van der Waals surface area (Å²) in [6, 6.07) is 8.46. The molecule has 0 N–H and O–H groups in total. The van der Waals surface area contributed by atoms with Gasteiger partial charge in [0.05, 0.1) is 0 Å². The van der Waals surface area contributed by atoms with Gasteiger partial charge in [-0.25, -0.2) is 0 Å². The van der Waals surface area contributed by atoms with Crippen LogP contribution in [0, 0.1) is 0 Å². The predicted molar refractivity (Wildman–Crippen MR) is 78.5 cm³/mol. The van der Waals surface area contributed by atoms with Gasteiger partial charge in [-0.15, -0.1) is 0 Å². The molecular weight excluding hydrogens is 234 g/mol. The van der Waals surface area contributed by atoms with E-state index in [1.54, 1.807) is 6.92 Å². The summed E-state index contributed by atoms with van der Waals surface area (Å²) in [5.41, 5.74) is 2.60. The maximum atomic E-state index is 12.3. The molecule has 0 bridgehead atoms. The maximum Gasteiger partial charge on any atom is 0.224 e. The highest BCUT2D eigenvalue weighted by atomic mass is 16.2. The second kappa shape index (κ2) is 4.66. The standard InChI is InChI=1S/C17H23NO/c1-13-12-17(10-6-3-7-11-17)18(14(2)19)16-9-5-4-8-15(13)16/h4-5,8-9,13H,3,6-7,10-12H2,1-2H3/t13-/m1/s1. The van der Waals surface area contributed by atoms with Gasteiger partial charge < -0.3 is 4.90 Å². The molecular formula is C17H23NO. The number of hydrogen-bond donors (Lipinski definition) is 0. The second-order valence-electron chi connectivity index (χ2n) is 6.30. The lowest BCUT2D eigenvalue weighted by Crippen LogP contribution is -2.55. The second-order valence-corrected chi connectivity index (χ2v) is 6.30. The molecule has 2 aliphatic rings. The topological polar surface area (TPSA) is 20.3 Å². The van der Waals surface area contributed by atoms with Crippen LogP contribution < -0.4 is 4.90 Å². The summed E-state index contributed by atoms with van der Waals surface area (Å²) in [6.45, 7) is 4.04. The molecule has 0 saturated heterocycles. The molecule has 19 heavy (non-hydrogen) atoms. The minimum Gasteiger partial charge on any atom is -0.306 e. The van der Waals surface area contributed by atoms with Gasteiger partial charge in [-0.2, -0.15) is 0 Å². The van der Waals surface area contributed by atoms with Crippen LogP contribution >= 0.6 is 0 Å². The van der Waals surface area contributed by atoms with E-state index >= 15 is 0 Å². The molecule has 1 aromatic rings. The highest BCUT2D eigenvalue weighted by molar-refractivity contribution is 5.94. The van der Waals surface area contributed by atoms with Crippen LogP contribution in [0.3, 0.4) is 0 Å². The van der Waals surface area contributed by atoms with Crippen LogP contribution in [0.2, 0.25) is 0 Å². The Morgan fingerprint density at radius 2 is 1.89 bits per heavy atom. The summed E-state index contributed by atoms with van der Waals surface area (Å²) in [5, 5.41) is 0. The number of para-hydroxylation sites is 1. The number of benzene rings is 1.